The summed E-state index contributed by atoms with van der Waals surface area (Å²) in [6, 6.07) is 4.70. The minimum atomic E-state index is -1.83. The highest BCUT2D eigenvalue weighted by Crippen LogP contribution is 2.31. The predicted molar refractivity (Wildman–Crippen MR) is 72.9 cm³/mol. The SMILES string of the molecule is Cc1ccc(C(C)(O)C(=O)/C=C/C(C)(C)O)c(O)c1. The number of aryl methyl sites for hydroxylation is 1. The standard InChI is InChI=1S/C15H20O4/c1-10-5-6-11(12(16)9-10)15(4,19)13(17)7-8-14(2,3)18/h5-9,16,18-19H,1-4H3/b8-7+. The summed E-state index contributed by atoms with van der Waals surface area (Å²) in [6.45, 7) is 6.16. The van der Waals surface area contributed by atoms with Crippen molar-refractivity contribution in [2.45, 2.75) is 38.9 Å². The summed E-state index contributed by atoms with van der Waals surface area (Å²) in [7, 11) is 0. The zero-order chi connectivity index (χ0) is 14.8. The summed E-state index contributed by atoms with van der Waals surface area (Å²) in [5.74, 6) is -0.733. The first-order valence-corrected chi connectivity index (χ1v) is 6.02. The highest BCUT2D eigenvalue weighted by Gasteiger charge is 2.33. The quantitative estimate of drug-likeness (QED) is 0.725. The number of rotatable bonds is 4. The van der Waals surface area contributed by atoms with Gasteiger partial charge in [-0.15, -0.1) is 0 Å². The third kappa shape index (κ3) is 3.91. The van der Waals surface area contributed by atoms with E-state index in [0.29, 0.717) is 0 Å². The summed E-state index contributed by atoms with van der Waals surface area (Å²) in [4.78, 5) is 12.0. The van der Waals surface area contributed by atoms with Crippen LogP contribution in [0.25, 0.3) is 0 Å². The molecule has 0 aliphatic heterocycles. The largest absolute Gasteiger partial charge is 0.508 e. The van der Waals surface area contributed by atoms with E-state index in [-0.39, 0.29) is 11.3 Å². The second-order valence-corrected chi connectivity index (χ2v) is 5.44. The Bertz CT molecular complexity index is 507. The van der Waals surface area contributed by atoms with Crippen molar-refractivity contribution in [1.29, 1.82) is 0 Å². The number of aliphatic hydroxyl groups is 2. The molecule has 1 aromatic carbocycles. The van der Waals surface area contributed by atoms with E-state index < -0.39 is 17.0 Å². The summed E-state index contributed by atoms with van der Waals surface area (Å²) >= 11 is 0. The molecule has 0 aromatic heterocycles. The van der Waals surface area contributed by atoms with Gasteiger partial charge in [-0.1, -0.05) is 18.2 Å². The van der Waals surface area contributed by atoms with Crippen molar-refractivity contribution in [2.24, 2.45) is 0 Å². The Labute approximate surface area is 113 Å². The normalized spacial score (nSPS) is 15.5. The first-order valence-electron chi connectivity index (χ1n) is 6.02. The van der Waals surface area contributed by atoms with Crippen molar-refractivity contribution in [3.8, 4) is 5.75 Å². The number of carbonyl (C=O) groups excluding carboxylic acids is 1. The summed E-state index contributed by atoms with van der Waals surface area (Å²) in [5, 5.41) is 29.6. The molecule has 0 aliphatic carbocycles. The van der Waals surface area contributed by atoms with Crippen LogP contribution in [0.5, 0.6) is 5.75 Å². The maximum Gasteiger partial charge on any atom is 0.191 e. The van der Waals surface area contributed by atoms with Crippen LogP contribution in [0.4, 0.5) is 0 Å². The maximum atomic E-state index is 12.0. The van der Waals surface area contributed by atoms with E-state index in [1.807, 2.05) is 0 Å². The fourth-order valence-electron chi connectivity index (χ4n) is 1.63. The van der Waals surface area contributed by atoms with Crippen LogP contribution in [0, 0.1) is 6.92 Å². The number of hydrogen-bond acceptors (Lipinski definition) is 4. The smallest absolute Gasteiger partial charge is 0.191 e. The number of phenolic OH excluding ortho intramolecular Hbond substituents is 1. The minimum Gasteiger partial charge on any atom is -0.508 e. The van der Waals surface area contributed by atoms with Crippen LogP contribution in [-0.4, -0.2) is 26.7 Å². The topological polar surface area (TPSA) is 77.8 Å². The van der Waals surface area contributed by atoms with Gasteiger partial charge < -0.3 is 15.3 Å². The molecule has 1 atom stereocenters. The Hall–Kier alpha value is -1.65. The minimum absolute atomic E-state index is 0.130. The Morgan fingerprint density at radius 3 is 2.26 bits per heavy atom. The Kier molecular flexibility index (Phi) is 4.18. The van der Waals surface area contributed by atoms with E-state index >= 15 is 0 Å². The average molecular weight is 264 g/mol. The van der Waals surface area contributed by atoms with E-state index in [1.165, 1.54) is 39.0 Å². The molecule has 0 saturated heterocycles. The molecule has 0 radical (unpaired) electrons. The predicted octanol–water partition coefficient (Wildman–Crippen LogP) is 1.80. The molecule has 0 saturated carbocycles. The van der Waals surface area contributed by atoms with Crippen molar-refractivity contribution in [2.75, 3.05) is 0 Å². The lowest BCUT2D eigenvalue weighted by Gasteiger charge is -2.22. The van der Waals surface area contributed by atoms with Crippen LogP contribution in [0.15, 0.2) is 30.4 Å². The molecule has 0 fully saturated rings. The van der Waals surface area contributed by atoms with Crippen LogP contribution >= 0.6 is 0 Å². The number of carbonyl (C=O) groups is 1. The molecule has 0 bridgehead atoms. The van der Waals surface area contributed by atoms with E-state index in [1.54, 1.807) is 13.0 Å². The highest BCUT2D eigenvalue weighted by molar-refractivity contribution is 5.97. The molecule has 19 heavy (non-hydrogen) atoms. The molecular formula is C15H20O4. The first-order chi connectivity index (χ1) is 8.54. The van der Waals surface area contributed by atoms with Gasteiger partial charge in [-0.25, -0.2) is 0 Å². The number of hydrogen-bond donors (Lipinski definition) is 3. The Morgan fingerprint density at radius 2 is 1.79 bits per heavy atom. The number of aromatic hydroxyl groups is 1. The van der Waals surface area contributed by atoms with Gasteiger partial charge in [-0.05, 0) is 45.4 Å². The van der Waals surface area contributed by atoms with Crippen LogP contribution in [0.1, 0.15) is 31.9 Å². The number of ketones is 1. The third-order valence-electron chi connectivity index (χ3n) is 2.80. The zero-order valence-electron chi connectivity index (χ0n) is 11.6. The van der Waals surface area contributed by atoms with E-state index in [0.717, 1.165) is 11.6 Å². The van der Waals surface area contributed by atoms with Gasteiger partial charge in [0.2, 0.25) is 0 Å². The van der Waals surface area contributed by atoms with Crippen molar-refractivity contribution >= 4 is 5.78 Å². The average Bonchev–Trinajstić information content (AvgIpc) is 2.24. The van der Waals surface area contributed by atoms with Crippen LogP contribution in [0.2, 0.25) is 0 Å². The van der Waals surface area contributed by atoms with Gasteiger partial charge in [0.15, 0.2) is 11.4 Å². The van der Waals surface area contributed by atoms with Gasteiger partial charge in [0.25, 0.3) is 0 Å². The number of benzene rings is 1. The molecule has 0 aliphatic rings. The monoisotopic (exact) mass is 264 g/mol. The molecule has 1 unspecified atom stereocenters. The summed E-state index contributed by atoms with van der Waals surface area (Å²) in [5.41, 5.74) is -2.00. The van der Waals surface area contributed by atoms with Gasteiger partial charge in [-0.3, -0.25) is 4.79 Å². The molecule has 1 rings (SSSR count). The molecule has 1 aromatic rings. The second-order valence-electron chi connectivity index (χ2n) is 5.44. The van der Waals surface area contributed by atoms with E-state index in [9.17, 15) is 20.1 Å². The van der Waals surface area contributed by atoms with Crippen molar-refractivity contribution in [1.82, 2.24) is 0 Å². The first kappa shape index (κ1) is 15.4. The van der Waals surface area contributed by atoms with Crippen molar-refractivity contribution < 1.29 is 20.1 Å². The third-order valence-corrected chi connectivity index (χ3v) is 2.80. The van der Waals surface area contributed by atoms with Gasteiger partial charge >= 0.3 is 0 Å². The Morgan fingerprint density at radius 1 is 1.21 bits per heavy atom. The van der Waals surface area contributed by atoms with Gasteiger partial charge in [0.1, 0.15) is 5.75 Å². The lowest BCUT2D eigenvalue weighted by molar-refractivity contribution is -0.131. The van der Waals surface area contributed by atoms with Gasteiger partial charge in [-0.2, -0.15) is 0 Å². The molecule has 3 N–H and O–H groups in total. The fraction of sp³-hybridized carbons (Fsp3) is 0.400. The van der Waals surface area contributed by atoms with Gasteiger partial charge in [0.05, 0.1) is 5.60 Å². The van der Waals surface area contributed by atoms with Gasteiger partial charge in [0, 0.05) is 5.56 Å². The van der Waals surface area contributed by atoms with E-state index in [4.69, 9.17) is 0 Å². The van der Waals surface area contributed by atoms with Crippen LogP contribution < -0.4 is 0 Å². The van der Waals surface area contributed by atoms with Crippen molar-refractivity contribution in [3.63, 3.8) is 0 Å². The van der Waals surface area contributed by atoms with E-state index in [2.05, 4.69) is 0 Å². The highest BCUT2D eigenvalue weighted by atomic mass is 16.3. The van der Waals surface area contributed by atoms with Crippen molar-refractivity contribution in [3.05, 3.63) is 41.5 Å². The Balaban J connectivity index is 3.10. The molecular weight excluding hydrogens is 244 g/mol. The molecule has 0 heterocycles. The summed E-state index contributed by atoms with van der Waals surface area (Å²) in [6.07, 6.45) is 2.42. The molecule has 0 spiro atoms. The molecule has 4 nitrogen and oxygen atoms in total. The second kappa shape index (κ2) is 5.15. The lowest BCUT2D eigenvalue weighted by Crippen LogP contribution is -2.31. The molecule has 104 valence electrons. The summed E-state index contributed by atoms with van der Waals surface area (Å²) < 4.78 is 0. The molecule has 4 heteroatoms. The molecule has 0 amide bonds. The van der Waals surface area contributed by atoms with Crippen LogP contribution in [0.3, 0.4) is 0 Å². The maximum absolute atomic E-state index is 12.0. The lowest BCUT2D eigenvalue weighted by atomic mass is 9.89. The number of phenols is 1. The fourth-order valence-corrected chi connectivity index (χ4v) is 1.63. The van der Waals surface area contributed by atoms with Crippen LogP contribution in [-0.2, 0) is 10.4 Å². The zero-order valence-corrected chi connectivity index (χ0v) is 11.6.